The van der Waals surface area contributed by atoms with Crippen LogP contribution in [0.2, 0.25) is 0 Å². The number of rotatable bonds is 6. The largest absolute Gasteiger partial charge is 0.416 e. The molecule has 10 heteroatoms. The minimum Gasteiger partial charge on any atom is -0.396 e. The van der Waals surface area contributed by atoms with Crippen molar-refractivity contribution in [1.82, 2.24) is 9.88 Å². The van der Waals surface area contributed by atoms with Crippen LogP contribution in [-0.2, 0) is 22.3 Å². The number of carbonyl (C=O) groups is 2. The van der Waals surface area contributed by atoms with E-state index in [1.54, 1.807) is 6.92 Å². The highest BCUT2D eigenvalue weighted by molar-refractivity contribution is 6.07. The lowest BCUT2D eigenvalue weighted by atomic mass is 9.98. The molecule has 0 saturated carbocycles. The van der Waals surface area contributed by atoms with E-state index < -0.39 is 42.0 Å². The van der Waals surface area contributed by atoms with E-state index in [0.717, 1.165) is 17.0 Å². The Labute approximate surface area is 189 Å². The van der Waals surface area contributed by atoms with Crippen molar-refractivity contribution in [3.05, 3.63) is 71.2 Å². The Kier molecular flexibility index (Phi) is 7.97. The van der Waals surface area contributed by atoms with E-state index in [1.165, 1.54) is 29.3 Å². The SMILES string of the molecule is C.C=C(CCO)C1C(=O)N(c2ncc(C)cc2F)CC(=O)N1Cc1ccc(C(F)(F)F)cc1. The number of aliphatic hydroxyl groups excluding tert-OH is 1. The first-order valence-electron chi connectivity index (χ1n) is 9.70. The fourth-order valence-electron chi connectivity index (χ4n) is 3.48. The van der Waals surface area contributed by atoms with Gasteiger partial charge in [0.1, 0.15) is 12.6 Å². The Morgan fingerprint density at radius 3 is 2.42 bits per heavy atom. The molecule has 33 heavy (non-hydrogen) atoms. The Bertz CT molecular complexity index is 1040. The smallest absolute Gasteiger partial charge is 0.396 e. The maximum atomic E-state index is 14.5. The molecular formula is C23H25F4N3O3. The van der Waals surface area contributed by atoms with Crippen molar-refractivity contribution in [2.75, 3.05) is 18.1 Å². The fourth-order valence-corrected chi connectivity index (χ4v) is 3.48. The number of piperazine rings is 1. The maximum Gasteiger partial charge on any atom is 0.416 e. The molecule has 2 heterocycles. The van der Waals surface area contributed by atoms with Crippen molar-refractivity contribution in [3.63, 3.8) is 0 Å². The summed E-state index contributed by atoms with van der Waals surface area (Å²) in [5, 5.41) is 9.29. The second-order valence-corrected chi connectivity index (χ2v) is 7.49. The van der Waals surface area contributed by atoms with Crippen LogP contribution in [0.25, 0.3) is 0 Å². The summed E-state index contributed by atoms with van der Waals surface area (Å²) < 4.78 is 52.9. The number of nitrogens with zero attached hydrogens (tertiary/aromatic N) is 3. The van der Waals surface area contributed by atoms with Crippen molar-refractivity contribution in [2.45, 2.75) is 39.5 Å². The fraction of sp³-hybridized carbons (Fsp3) is 0.348. The molecule has 2 amide bonds. The lowest BCUT2D eigenvalue weighted by Crippen LogP contribution is -2.60. The second-order valence-electron chi connectivity index (χ2n) is 7.49. The second kappa shape index (κ2) is 10.1. The van der Waals surface area contributed by atoms with Crippen molar-refractivity contribution in [1.29, 1.82) is 0 Å². The van der Waals surface area contributed by atoms with Gasteiger partial charge in [0.2, 0.25) is 5.91 Å². The number of aryl methyl sites for hydroxylation is 1. The van der Waals surface area contributed by atoms with Crippen LogP contribution in [0.5, 0.6) is 0 Å². The lowest BCUT2D eigenvalue weighted by molar-refractivity contribution is -0.142. The van der Waals surface area contributed by atoms with Crippen LogP contribution in [0.1, 0.15) is 30.5 Å². The third-order valence-electron chi connectivity index (χ3n) is 5.09. The highest BCUT2D eigenvalue weighted by Gasteiger charge is 2.42. The first-order chi connectivity index (χ1) is 15.0. The molecule has 1 aromatic carbocycles. The van der Waals surface area contributed by atoms with Gasteiger partial charge in [0.05, 0.1) is 5.56 Å². The van der Waals surface area contributed by atoms with Gasteiger partial charge in [0.25, 0.3) is 5.91 Å². The quantitative estimate of drug-likeness (QED) is 0.517. The Morgan fingerprint density at radius 2 is 1.88 bits per heavy atom. The van der Waals surface area contributed by atoms with E-state index in [2.05, 4.69) is 11.6 Å². The first-order valence-corrected chi connectivity index (χ1v) is 9.70. The number of amides is 2. The van der Waals surface area contributed by atoms with Crippen LogP contribution in [-0.4, -0.2) is 46.0 Å². The van der Waals surface area contributed by atoms with Gasteiger partial charge in [-0.1, -0.05) is 26.1 Å². The number of halogens is 4. The summed E-state index contributed by atoms with van der Waals surface area (Å²) in [6, 6.07) is 4.18. The molecular weight excluding hydrogens is 442 g/mol. The van der Waals surface area contributed by atoms with Crippen LogP contribution in [0.4, 0.5) is 23.4 Å². The number of alkyl halides is 3. The summed E-state index contributed by atoms with van der Waals surface area (Å²) >= 11 is 0. The standard InChI is InChI=1S/C22H21F4N3O3.CH4/c1-13-9-17(23)20(27-10-13)29-12-18(31)28(19(21(29)32)14(2)7-8-30)11-15-3-5-16(6-4-15)22(24,25)26;/h3-6,9-10,19,30H,2,7-8,11-12H2,1H3;1H4. The van der Waals surface area contributed by atoms with E-state index in [1.807, 2.05) is 0 Å². The highest BCUT2D eigenvalue weighted by Crippen LogP contribution is 2.31. The monoisotopic (exact) mass is 467 g/mol. The molecule has 1 saturated heterocycles. The average molecular weight is 467 g/mol. The van der Waals surface area contributed by atoms with E-state index in [4.69, 9.17) is 0 Å². The Balaban J connectivity index is 0.00000385. The zero-order chi connectivity index (χ0) is 23.6. The maximum absolute atomic E-state index is 14.5. The minimum absolute atomic E-state index is 0. The first kappa shape index (κ1) is 26.0. The predicted octanol–water partition coefficient (Wildman–Crippen LogP) is 3.87. The molecule has 0 bridgehead atoms. The van der Waals surface area contributed by atoms with Crippen molar-refractivity contribution < 1.29 is 32.3 Å². The molecule has 2 aromatic rings. The summed E-state index contributed by atoms with van der Waals surface area (Å²) in [6.45, 7) is 4.44. The van der Waals surface area contributed by atoms with Crippen LogP contribution >= 0.6 is 0 Å². The lowest BCUT2D eigenvalue weighted by Gasteiger charge is -2.40. The van der Waals surface area contributed by atoms with Gasteiger partial charge in [-0.25, -0.2) is 9.37 Å². The number of hydrogen-bond acceptors (Lipinski definition) is 4. The molecule has 178 valence electrons. The van der Waals surface area contributed by atoms with Gasteiger partial charge in [-0.05, 0) is 48.2 Å². The summed E-state index contributed by atoms with van der Waals surface area (Å²) in [5.74, 6) is -2.29. The summed E-state index contributed by atoms with van der Waals surface area (Å²) in [6.07, 6.45) is -3.13. The van der Waals surface area contributed by atoms with Gasteiger partial charge >= 0.3 is 6.18 Å². The van der Waals surface area contributed by atoms with Crippen molar-refractivity contribution in [3.8, 4) is 0 Å². The zero-order valence-electron chi connectivity index (χ0n) is 17.2. The third-order valence-corrected chi connectivity index (χ3v) is 5.09. The molecule has 1 aromatic heterocycles. The number of benzene rings is 1. The van der Waals surface area contributed by atoms with Gasteiger partial charge in [-0.3, -0.25) is 14.5 Å². The molecule has 1 atom stereocenters. The Hall–Kier alpha value is -3.27. The highest BCUT2D eigenvalue weighted by atomic mass is 19.4. The van der Waals surface area contributed by atoms with Gasteiger partial charge < -0.3 is 10.0 Å². The van der Waals surface area contributed by atoms with Gasteiger partial charge in [-0.15, -0.1) is 0 Å². The average Bonchev–Trinajstić information content (AvgIpc) is 2.71. The number of carbonyl (C=O) groups excluding carboxylic acids is 2. The molecule has 3 rings (SSSR count). The van der Waals surface area contributed by atoms with E-state index in [0.29, 0.717) is 11.1 Å². The molecule has 1 aliphatic heterocycles. The van der Waals surface area contributed by atoms with Gasteiger partial charge in [0, 0.05) is 19.3 Å². The number of hydrogen-bond donors (Lipinski definition) is 1. The summed E-state index contributed by atoms with van der Waals surface area (Å²) in [7, 11) is 0. The number of anilines is 1. The number of aliphatic hydroxyl groups is 1. The van der Waals surface area contributed by atoms with E-state index in [-0.39, 0.29) is 38.4 Å². The minimum atomic E-state index is -4.50. The molecule has 1 unspecified atom stereocenters. The Morgan fingerprint density at radius 1 is 1.24 bits per heavy atom. The van der Waals surface area contributed by atoms with Gasteiger partial charge in [0.15, 0.2) is 11.6 Å². The summed E-state index contributed by atoms with van der Waals surface area (Å²) in [4.78, 5) is 32.2. The predicted molar refractivity (Wildman–Crippen MR) is 115 cm³/mol. The zero-order valence-corrected chi connectivity index (χ0v) is 17.2. The molecule has 1 aliphatic rings. The van der Waals surface area contributed by atoms with Crippen LogP contribution in [0.3, 0.4) is 0 Å². The molecule has 0 radical (unpaired) electrons. The van der Waals surface area contributed by atoms with E-state index in [9.17, 15) is 32.3 Å². The van der Waals surface area contributed by atoms with Crippen molar-refractivity contribution >= 4 is 17.6 Å². The van der Waals surface area contributed by atoms with Gasteiger partial charge in [-0.2, -0.15) is 13.2 Å². The number of aromatic nitrogens is 1. The topological polar surface area (TPSA) is 73.7 Å². The van der Waals surface area contributed by atoms with Crippen LogP contribution in [0.15, 0.2) is 48.7 Å². The van der Waals surface area contributed by atoms with E-state index >= 15 is 0 Å². The molecule has 0 spiro atoms. The molecule has 0 aliphatic carbocycles. The summed E-state index contributed by atoms with van der Waals surface area (Å²) in [5.41, 5.74) is 0.284. The molecule has 1 N–H and O–H groups in total. The van der Waals surface area contributed by atoms with Crippen molar-refractivity contribution in [2.24, 2.45) is 0 Å². The number of pyridine rings is 1. The van der Waals surface area contributed by atoms with Crippen LogP contribution < -0.4 is 4.90 Å². The molecule has 1 fully saturated rings. The third kappa shape index (κ3) is 5.57. The normalized spacial score (nSPS) is 16.6. The molecule has 6 nitrogen and oxygen atoms in total. The van der Waals surface area contributed by atoms with Crippen LogP contribution in [0, 0.1) is 12.7 Å².